The molecule has 4 rings (SSSR count). The van der Waals surface area contributed by atoms with Crippen LogP contribution in [-0.2, 0) is 17.8 Å². The fourth-order valence-electron chi connectivity index (χ4n) is 3.40. The van der Waals surface area contributed by atoms with Crippen molar-refractivity contribution in [3.8, 4) is 17.2 Å². The van der Waals surface area contributed by atoms with E-state index in [-0.39, 0.29) is 5.56 Å². The number of hydrogen-bond donors (Lipinski definition) is 1. The van der Waals surface area contributed by atoms with Crippen molar-refractivity contribution in [3.63, 3.8) is 0 Å². The standard InChI is InChI=1S/C23H20N4O2/c1-16-19(14-24)22-25-20(12-13-29-15-17-8-4-2-5-9-17)26-27(22)23(28)21(16)18-10-6-3-7-11-18/h2-11H,12-13,15H2,1H3,(H,25,26). The molecule has 0 atom stereocenters. The Hall–Kier alpha value is -3.69. The van der Waals surface area contributed by atoms with Crippen LogP contribution >= 0.6 is 0 Å². The SMILES string of the molecule is Cc1c(-c2ccccc2)c(=O)n2nc(CCOCc3ccccc3)[nH]c2c1C#N. The summed E-state index contributed by atoms with van der Waals surface area (Å²) < 4.78 is 7.00. The molecule has 2 aromatic carbocycles. The van der Waals surface area contributed by atoms with Crippen LogP contribution in [0.2, 0.25) is 0 Å². The molecule has 0 bridgehead atoms. The summed E-state index contributed by atoms with van der Waals surface area (Å²) in [5.74, 6) is 0.608. The predicted molar refractivity (Wildman–Crippen MR) is 111 cm³/mol. The first-order chi connectivity index (χ1) is 14.2. The van der Waals surface area contributed by atoms with Crippen LogP contribution in [0.1, 0.15) is 22.5 Å². The Morgan fingerprint density at radius 2 is 1.79 bits per heavy atom. The molecule has 0 fully saturated rings. The van der Waals surface area contributed by atoms with E-state index in [9.17, 15) is 10.1 Å². The van der Waals surface area contributed by atoms with Crippen LogP contribution in [-0.4, -0.2) is 21.2 Å². The van der Waals surface area contributed by atoms with E-state index in [2.05, 4.69) is 16.2 Å². The maximum absolute atomic E-state index is 13.1. The third-order valence-corrected chi connectivity index (χ3v) is 4.86. The number of pyridine rings is 1. The molecule has 6 heteroatoms. The molecule has 0 aliphatic heterocycles. The van der Waals surface area contributed by atoms with Crippen molar-refractivity contribution in [2.45, 2.75) is 20.0 Å². The number of aromatic amines is 1. The first kappa shape index (κ1) is 18.7. The minimum Gasteiger partial charge on any atom is -0.376 e. The van der Waals surface area contributed by atoms with Gasteiger partial charge in [0.15, 0.2) is 5.65 Å². The molecular formula is C23H20N4O2. The molecule has 0 aliphatic rings. The Bertz CT molecular complexity index is 1240. The minimum atomic E-state index is -0.240. The third-order valence-electron chi connectivity index (χ3n) is 4.86. The number of benzene rings is 2. The van der Waals surface area contributed by atoms with Gasteiger partial charge in [0.25, 0.3) is 5.56 Å². The van der Waals surface area contributed by atoms with Gasteiger partial charge in [-0.15, -0.1) is 5.10 Å². The van der Waals surface area contributed by atoms with Crippen molar-refractivity contribution < 1.29 is 4.74 Å². The lowest BCUT2D eigenvalue weighted by molar-refractivity contribution is 0.122. The lowest BCUT2D eigenvalue weighted by Crippen LogP contribution is -2.19. The zero-order valence-corrected chi connectivity index (χ0v) is 16.1. The van der Waals surface area contributed by atoms with E-state index in [0.717, 1.165) is 11.1 Å². The van der Waals surface area contributed by atoms with E-state index in [4.69, 9.17) is 4.74 Å². The summed E-state index contributed by atoms with van der Waals surface area (Å²) in [5, 5.41) is 14.1. The fraction of sp³-hybridized carbons (Fsp3) is 0.174. The third kappa shape index (κ3) is 3.68. The lowest BCUT2D eigenvalue weighted by atomic mass is 9.99. The second kappa shape index (κ2) is 8.13. The smallest absolute Gasteiger partial charge is 0.281 e. The minimum absolute atomic E-state index is 0.240. The highest BCUT2D eigenvalue weighted by molar-refractivity contribution is 5.73. The normalized spacial score (nSPS) is 10.9. The number of nitrogens with one attached hydrogen (secondary N) is 1. The Balaban J connectivity index is 1.62. The number of aromatic nitrogens is 3. The van der Waals surface area contributed by atoms with Gasteiger partial charge in [-0.3, -0.25) is 4.79 Å². The molecular weight excluding hydrogens is 364 g/mol. The summed E-state index contributed by atoms with van der Waals surface area (Å²) in [6.45, 7) is 2.77. The largest absolute Gasteiger partial charge is 0.376 e. The number of ether oxygens (including phenoxy) is 1. The molecule has 0 saturated heterocycles. The number of rotatable bonds is 6. The molecule has 2 heterocycles. The van der Waals surface area contributed by atoms with Gasteiger partial charge in [-0.1, -0.05) is 60.7 Å². The van der Waals surface area contributed by atoms with Crippen LogP contribution in [0, 0.1) is 18.3 Å². The van der Waals surface area contributed by atoms with Gasteiger partial charge in [0.05, 0.1) is 24.3 Å². The zero-order valence-electron chi connectivity index (χ0n) is 16.1. The molecule has 0 radical (unpaired) electrons. The molecule has 0 aliphatic carbocycles. The van der Waals surface area contributed by atoms with Gasteiger partial charge in [0.2, 0.25) is 0 Å². The van der Waals surface area contributed by atoms with Crippen molar-refractivity contribution >= 4 is 5.65 Å². The summed E-state index contributed by atoms with van der Waals surface area (Å²) >= 11 is 0. The second-order valence-corrected chi connectivity index (χ2v) is 6.78. The van der Waals surface area contributed by atoms with Crippen molar-refractivity contribution in [1.82, 2.24) is 14.6 Å². The van der Waals surface area contributed by atoms with Crippen molar-refractivity contribution in [2.75, 3.05) is 6.61 Å². The van der Waals surface area contributed by atoms with Gasteiger partial charge in [-0.05, 0) is 23.6 Å². The summed E-state index contributed by atoms with van der Waals surface area (Å²) in [7, 11) is 0. The fourth-order valence-corrected chi connectivity index (χ4v) is 3.40. The molecule has 2 aromatic heterocycles. The molecule has 144 valence electrons. The van der Waals surface area contributed by atoms with Crippen LogP contribution < -0.4 is 5.56 Å². The second-order valence-electron chi connectivity index (χ2n) is 6.78. The monoisotopic (exact) mass is 384 g/mol. The van der Waals surface area contributed by atoms with Crippen LogP contribution in [0.5, 0.6) is 0 Å². The summed E-state index contributed by atoms with van der Waals surface area (Å²) in [4.78, 5) is 16.2. The topological polar surface area (TPSA) is 83.2 Å². The van der Waals surface area contributed by atoms with Crippen LogP contribution in [0.3, 0.4) is 0 Å². The highest BCUT2D eigenvalue weighted by Crippen LogP contribution is 2.24. The highest BCUT2D eigenvalue weighted by Gasteiger charge is 2.19. The lowest BCUT2D eigenvalue weighted by Gasteiger charge is -2.07. The first-order valence-corrected chi connectivity index (χ1v) is 9.40. The van der Waals surface area contributed by atoms with E-state index >= 15 is 0 Å². The van der Waals surface area contributed by atoms with Crippen LogP contribution in [0.15, 0.2) is 65.5 Å². The van der Waals surface area contributed by atoms with E-state index in [1.807, 2.05) is 60.7 Å². The highest BCUT2D eigenvalue weighted by atomic mass is 16.5. The van der Waals surface area contributed by atoms with E-state index in [0.29, 0.717) is 47.8 Å². The van der Waals surface area contributed by atoms with E-state index in [1.165, 1.54) is 4.52 Å². The molecule has 0 unspecified atom stereocenters. The number of fused-ring (bicyclic) bond motifs is 1. The average molecular weight is 384 g/mol. The molecule has 0 saturated carbocycles. The van der Waals surface area contributed by atoms with Gasteiger partial charge in [-0.25, -0.2) is 0 Å². The molecule has 1 N–H and O–H groups in total. The zero-order chi connectivity index (χ0) is 20.2. The number of nitrogens with zero attached hydrogens (tertiary/aromatic N) is 3. The number of H-pyrrole nitrogens is 1. The van der Waals surface area contributed by atoms with Crippen molar-refractivity contribution in [3.05, 3.63) is 93.5 Å². The number of hydrogen-bond acceptors (Lipinski definition) is 4. The van der Waals surface area contributed by atoms with Gasteiger partial charge in [-0.2, -0.15) is 9.78 Å². The molecule has 0 spiro atoms. The van der Waals surface area contributed by atoms with Crippen molar-refractivity contribution in [1.29, 1.82) is 5.26 Å². The van der Waals surface area contributed by atoms with Crippen LogP contribution in [0.25, 0.3) is 16.8 Å². The maximum atomic E-state index is 13.1. The molecule has 29 heavy (non-hydrogen) atoms. The Morgan fingerprint density at radius 1 is 1.10 bits per heavy atom. The van der Waals surface area contributed by atoms with Crippen molar-refractivity contribution in [2.24, 2.45) is 0 Å². The maximum Gasteiger partial charge on any atom is 0.281 e. The molecule has 4 aromatic rings. The van der Waals surface area contributed by atoms with Gasteiger partial charge < -0.3 is 9.72 Å². The van der Waals surface area contributed by atoms with Gasteiger partial charge in [0.1, 0.15) is 11.9 Å². The average Bonchev–Trinajstić information content (AvgIpc) is 3.17. The summed E-state index contributed by atoms with van der Waals surface area (Å²) in [5.41, 5.74) is 3.63. The molecule has 0 amide bonds. The Morgan fingerprint density at radius 3 is 2.48 bits per heavy atom. The predicted octanol–water partition coefficient (Wildman–Crippen LogP) is 3.63. The van der Waals surface area contributed by atoms with E-state index in [1.54, 1.807) is 6.92 Å². The van der Waals surface area contributed by atoms with Gasteiger partial charge in [0, 0.05) is 6.42 Å². The van der Waals surface area contributed by atoms with Gasteiger partial charge >= 0.3 is 0 Å². The number of nitriles is 1. The Labute approximate surface area is 168 Å². The Kier molecular flexibility index (Phi) is 5.23. The van der Waals surface area contributed by atoms with E-state index < -0.39 is 0 Å². The quantitative estimate of drug-likeness (QED) is 0.515. The first-order valence-electron chi connectivity index (χ1n) is 9.40. The molecule has 6 nitrogen and oxygen atoms in total. The van der Waals surface area contributed by atoms with Crippen LogP contribution in [0.4, 0.5) is 0 Å². The summed E-state index contributed by atoms with van der Waals surface area (Å²) in [6, 6.07) is 21.5. The summed E-state index contributed by atoms with van der Waals surface area (Å²) in [6.07, 6.45) is 0.512.